The molecule has 0 aliphatic carbocycles. The van der Waals surface area contributed by atoms with Crippen LogP contribution in [0.15, 0.2) is 33.6 Å². The predicted octanol–water partition coefficient (Wildman–Crippen LogP) is 3.25. The Kier molecular flexibility index (Phi) is 6.17. The fourth-order valence-electron chi connectivity index (χ4n) is 3.67. The van der Waals surface area contributed by atoms with Crippen molar-refractivity contribution in [3.63, 3.8) is 0 Å². The lowest BCUT2D eigenvalue weighted by Gasteiger charge is -2.34. The zero-order valence-electron chi connectivity index (χ0n) is 14.4. The van der Waals surface area contributed by atoms with Crippen molar-refractivity contribution in [1.29, 1.82) is 0 Å². The molecule has 0 N–H and O–H groups in total. The molecule has 0 spiro atoms. The van der Waals surface area contributed by atoms with Crippen molar-refractivity contribution < 1.29 is 13.2 Å². The van der Waals surface area contributed by atoms with E-state index in [1.807, 2.05) is 4.90 Å². The van der Waals surface area contributed by atoms with Crippen LogP contribution in [0.3, 0.4) is 0 Å². The van der Waals surface area contributed by atoms with Crippen molar-refractivity contribution in [2.45, 2.75) is 43.4 Å². The number of likely N-dealkylation sites (tertiary alicyclic amines) is 1. The summed E-state index contributed by atoms with van der Waals surface area (Å²) in [5.41, 5.74) is 0. The molecule has 2 heterocycles. The molecule has 2 aliphatic heterocycles. The lowest BCUT2D eigenvalue weighted by Crippen LogP contribution is -2.46. The highest BCUT2D eigenvalue weighted by atomic mass is 79.9. The quantitative estimate of drug-likeness (QED) is 0.741. The van der Waals surface area contributed by atoms with Crippen molar-refractivity contribution in [2.75, 3.05) is 26.2 Å². The number of halogens is 1. The van der Waals surface area contributed by atoms with Crippen molar-refractivity contribution >= 4 is 31.9 Å². The normalized spacial score (nSPS) is 23.2. The van der Waals surface area contributed by atoms with E-state index >= 15 is 0 Å². The minimum Gasteiger partial charge on any atom is -0.342 e. The van der Waals surface area contributed by atoms with Gasteiger partial charge in [0.05, 0.1) is 10.8 Å². The second-order valence-electron chi connectivity index (χ2n) is 6.90. The molecular weight excluding hydrogens is 404 g/mol. The molecule has 5 nitrogen and oxygen atoms in total. The fraction of sp³-hybridized carbons (Fsp3) is 0.611. The Morgan fingerprint density at radius 3 is 2.24 bits per heavy atom. The van der Waals surface area contributed by atoms with Crippen LogP contribution in [0.4, 0.5) is 0 Å². The van der Waals surface area contributed by atoms with Crippen LogP contribution in [0.2, 0.25) is 0 Å². The van der Waals surface area contributed by atoms with E-state index in [0.29, 0.717) is 18.0 Å². The van der Waals surface area contributed by atoms with Gasteiger partial charge < -0.3 is 4.90 Å². The highest BCUT2D eigenvalue weighted by Gasteiger charge is 2.35. The number of hydrogen-bond donors (Lipinski definition) is 0. The number of piperidine rings is 1. The summed E-state index contributed by atoms with van der Waals surface area (Å²) in [4.78, 5) is 15.1. The van der Waals surface area contributed by atoms with Gasteiger partial charge in [0.25, 0.3) is 0 Å². The molecule has 138 valence electrons. The standard InChI is InChI=1S/C18H25BrN2O3S/c19-16-7-9-17(10-8-16)25(23,24)21-13-5-6-15(14-21)18(22)20-11-3-1-2-4-12-20/h7-10,15H,1-6,11-14H2. The third-order valence-corrected chi connectivity index (χ3v) is 7.51. The van der Waals surface area contributed by atoms with Gasteiger partial charge in [-0.2, -0.15) is 4.31 Å². The van der Waals surface area contributed by atoms with Crippen LogP contribution < -0.4 is 0 Å². The van der Waals surface area contributed by atoms with E-state index in [1.54, 1.807) is 24.3 Å². The summed E-state index contributed by atoms with van der Waals surface area (Å²) in [6, 6.07) is 6.69. The monoisotopic (exact) mass is 428 g/mol. The molecule has 2 fully saturated rings. The Morgan fingerprint density at radius 1 is 0.960 bits per heavy atom. The Hall–Kier alpha value is -0.920. The first-order valence-electron chi connectivity index (χ1n) is 9.03. The Bertz CT molecular complexity index is 698. The van der Waals surface area contributed by atoms with Crippen LogP contribution in [0, 0.1) is 5.92 Å². The van der Waals surface area contributed by atoms with Crippen molar-refractivity contribution in [3.05, 3.63) is 28.7 Å². The summed E-state index contributed by atoms with van der Waals surface area (Å²) in [6.45, 7) is 2.42. The van der Waals surface area contributed by atoms with Gasteiger partial charge in [-0.15, -0.1) is 0 Å². The van der Waals surface area contributed by atoms with E-state index in [9.17, 15) is 13.2 Å². The zero-order chi connectivity index (χ0) is 17.9. The maximum absolute atomic E-state index is 12.9. The molecule has 1 atom stereocenters. The first-order valence-corrected chi connectivity index (χ1v) is 11.3. The third kappa shape index (κ3) is 4.44. The van der Waals surface area contributed by atoms with Crippen molar-refractivity contribution in [2.24, 2.45) is 5.92 Å². The summed E-state index contributed by atoms with van der Waals surface area (Å²) in [5.74, 6) is -0.0744. The average Bonchev–Trinajstić information content (AvgIpc) is 2.91. The van der Waals surface area contributed by atoms with Crippen LogP contribution in [0.5, 0.6) is 0 Å². The molecule has 2 saturated heterocycles. The lowest BCUT2D eigenvalue weighted by molar-refractivity contribution is -0.136. The maximum Gasteiger partial charge on any atom is 0.243 e. The molecule has 3 rings (SSSR count). The van der Waals surface area contributed by atoms with Crippen LogP contribution >= 0.6 is 15.9 Å². The summed E-state index contributed by atoms with van der Waals surface area (Å²) in [5, 5.41) is 0. The van der Waals surface area contributed by atoms with Gasteiger partial charge >= 0.3 is 0 Å². The summed E-state index contributed by atoms with van der Waals surface area (Å²) >= 11 is 3.33. The van der Waals surface area contributed by atoms with Gasteiger partial charge in [-0.3, -0.25) is 4.79 Å². The molecule has 1 amide bonds. The largest absolute Gasteiger partial charge is 0.342 e. The number of rotatable bonds is 3. The summed E-state index contributed by atoms with van der Waals surface area (Å²) < 4.78 is 28.1. The smallest absolute Gasteiger partial charge is 0.243 e. The van der Waals surface area contributed by atoms with E-state index in [1.165, 1.54) is 17.1 Å². The Balaban J connectivity index is 1.71. The SMILES string of the molecule is O=C(C1CCCN(S(=O)(=O)c2ccc(Br)cc2)C1)N1CCCCCC1. The molecule has 0 bridgehead atoms. The predicted molar refractivity (Wildman–Crippen MR) is 101 cm³/mol. The number of benzene rings is 1. The molecule has 0 aromatic heterocycles. The van der Waals surface area contributed by atoms with E-state index < -0.39 is 10.0 Å². The average molecular weight is 429 g/mol. The number of sulfonamides is 1. The van der Waals surface area contributed by atoms with Gasteiger partial charge in [-0.25, -0.2) is 8.42 Å². The highest BCUT2D eigenvalue weighted by Crippen LogP contribution is 2.26. The Labute approximate surface area is 158 Å². The molecular formula is C18H25BrN2O3S. The molecule has 25 heavy (non-hydrogen) atoms. The first-order chi connectivity index (χ1) is 12.0. The van der Waals surface area contributed by atoms with Gasteiger partial charge in [0.1, 0.15) is 0 Å². The molecule has 0 saturated carbocycles. The molecule has 1 aromatic rings. The topological polar surface area (TPSA) is 57.7 Å². The molecule has 7 heteroatoms. The van der Waals surface area contributed by atoms with Crippen LogP contribution in [-0.4, -0.2) is 49.7 Å². The molecule has 2 aliphatic rings. The minimum absolute atomic E-state index is 0.137. The van der Waals surface area contributed by atoms with Crippen molar-refractivity contribution in [1.82, 2.24) is 9.21 Å². The number of nitrogens with zero attached hydrogens (tertiary/aromatic N) is 2. The van der Waals surface area contributed by atoms with E-state index in [4.69, 9.17) is 0 Å². The van der Waals surface area contributed by atoms with E-state index in [0.717, 1.165) is 43.2 Å². The van der Waals surface area contributed by atoms with Crippen LogP contribution in [-0.2, 0) is 14.8 Å². The molecule has 1 unspecified atom stereocenters. The fourth-order valence-corrected chi connectivity index (χ4v) is 5.46. The second kappa shape index (κ2) is 8.18. The summed E-state index contributed by atoms with van der Waals surface area (Å²) in [6.07, 6.45) is 5.98. The van der Waals surface area contributed by atoms with Gasteiger partial charge in [-0.1, -0.05) is 28.8 Å². The second-order valence-corrected chi connectivity index (χ2v) is 9.75. The number of hydrogen-bond acceptors (Lipinski definition) is 3. The van der Waals surface area contributed by atoms with Crippen LogP contribution in [0.25, 0.3) is 0 Å². The highest BCUT2D eigenvalue weighted by molar-refractivity contribution is 9.10. The third-order valence-electron chi connectivity index (χ3n) is 5.10. The maximum atomic E-state index is 12.9. The zero-order valence-corrected chi connectivity index (χ0v) is 16.8. The summed E-state index contributed by atoms with van der Waals surface area (Å²) in [7, 11) is -3.54. The number of amides is 1. The first kappa shape index (κ1) is 18.9. The lowest BCUT2D eigenvalue weighted by atomic mass is 9.98. The number of carbonyl (C=O) groups is 1. The van der Waals surface area contributed by atoms with E-state index in [2.05, 4.69) is 15.9 Å². The molecule has 1 aromatic carbocycles. The van der Waals surface area contributed by atoms with E-state index in [-0.39, 0.29) is 11.8 Å². The van der Waals surface area contributed by atoms with Crippen molar-refractivity contribution in [3.8, 4) is 0 Å². The molecule has 0 radical (unpaired) electrons. The van der Waals surface area contributed by atoms with Gasteiger partial charge in [-0.05, 0) is 49.9 Å². The Morgan fingerprint density at radius 2 is 1.60 bits per heavy atom. The van der Waals surface area contributed by atoms with Gasteiger partial charge in [0.2, 0.25) is 15.9 Å². The number of carbonyl (C=O) groups excluding carboxylic acids is 1. The van der Waals surface area contributed by atoms with Gasteiger partial charge in [0.15, 0.2) is 0 Å². The minimum atomic E-state index is -3.54. The van der Waals surface area contributed by atoms with Gasteiger partial charge in [0, 0.05) is 30.7 Å². The van der Waals surface area contributed by atoms with Crippen LogP contribution in [0.1, 0.15) is 38.5 Å².